The van der Waals surface area contributed by atoms with Crippen molar-refractivity contribution in [2.75, 3.05) is 12.8 Å². The first-order valence-electron chi connectivity index (χ1n) is 4.31. The first kappa shape index (κ1) is 11.9. The molecule has 1 aromatic carbocycles. The predicted octanol–water partition coefficient (Wildman–Crippen LogP) is 1.20. The Morgan fingerprint density at radius 2 is 2.07 bits per heavy atom. The lowest BCUT2D eigenvalue weighted by molar-refractivity contribution is 0.595. The molecule has 0 aliphatic heterocycles. The molecule has 0 radical (unpaired) electrons. The second-order valence-corrected chi connectivity index (χ2v) is 5.15. The molecular formula is C10H12FNO2S. The number of hydrogen-bond acceptors (Lipinski definition) is 3. The Morgan fingerprint density at radius 3 is 2.60 bits per heavy atom. The Kier molecular flexibility index (Phi) is 3.60. The second-order valence-electron chi connectivity index (χ2n) is 3.13. The lowest BCUT2D eigenvalue weighted by Gasteiger charge is -2.00. The normalized spacial score (nSPS) is 12.2. The molecule has 0 fully saturated rings. The summed E-state index contributed by atoms with van der Waals surface area (Å²) in [5.41, 5.74) is 5.73. The van der Waals surface area contributed by atoms with Crippen LogP contribution in [0.2, 0.25) is 0 Å². The molecule has 0 saturated carbocycles. The van der Waals surface area contributed by atoms with Crippen molar-refractivity contribution in [3.05, 3.63) is 35.7 Å². The van der Waals surface area contributed by atoms with Gasteiger partial charge in [0.1, 0.15) is 5.82 Å². The minimum atomic E-state index is -3.38. The largest absolute Gasteiger partial charge is 0.327 e. The van der Waals surface area contributed by atoms with Crippen molar-refractivity contribution < 1.29 is 12.8 Å². The van der Waals surface area contributed by atoms with E-state index in [-0.39, 0.29) is 4.90 Å². The van der Waals surface area contributed by atoms with Gasteiger partial charge in [-0.05, 0) is 23.8 Å². The van der Waals surface area contributed by atoms with Gasteiger partial charge in [-0.1, -0.05) is 12.2 Å². The molecule has 3 nitrogen and oxygen atoms in total. The van der Waals surface area contributed by atoms with Crippen molar-refractivity contribution in [1.82, 2.24) is 0 Å². The van der Waals surface area contributed by atoms with Crippen LogP contribution in [0.4, 0.5) is 4.39 Å². The standard InChI is InChI=1S/C10H12FNO2S/c1-15(13,14)10-6-8(3-2-4-12)5-9(11)7-10/h2-3,5-7H,4,12H2,1H3/b3-2+. The molecule has 0 aromatic heterocycles. The number of hydrogen-bond donors (Lipinski definition) is 1. The van der Waals surface area contributed by atoms with E-state index in [1.165, 1.54) is 12.1 Å². The quantitative estimate of drug-likeness (QED) is 0.847. The van der Waals surface area contributed by atoms with Gasteiger partial charge in [0.05, 0.1) is 4.90 Å². The third-order valence-electron chi connectivity index (χ3n) is 1.77. The third-order valence-corrected chi connectivity index (χ3v) is 2.86. The van der Waals surface area contributed by atoms with Gasteiger partial charge in [0, 0.05) is 12.8 Å². The van der Waals surface area contributed by atoms with Gasteiger partial charge in [-0.25, -0.2) is 12.8 Å². The minimum absolute atomic E-state index is 0.0285. The van der Waals surface area contributed by atoms with E-state index in [2.05, 4.69) is 0 Å². The van der Waals surface area contributed by atoms with Crippen LogP contribution in [0, 0.1) is 5.82 Å². The van der Waals surface area contributed by atoms with E-state index in [0.717, 1.165) is 12.3 Å². The molecule has 1 rings (SSSR count). The molecule has 5 heteroatoms. The van der Waals surface area contributed by atoms with Crippen LogP contribution in [0.5, 0.6) is 0 Å². The Morgan fingerprint density at radius 1 is 1.40 bits per heavy atom. The van der Waals surface area contributed by atoms with E-state index in [0.29, 0.717) is 12.1 Å². The highest BCUT2D eigenvalue weighted by Gasteiger charge is 2.09. The number of nitrogens with two attached hydrogens (primary N) is 1. The van der Waals surface area contributed by atoms with Crippen LogP contribution in [0.3, 0.4) is 0 Å². The lowest BCUT2D eigenvalue weighted by atomic mass is 10.2. The van der Waals surface area contributed by atoms with E-state index in [1.54, 1.807) is 12.2 Å². The summed E-state index contributed by atoms with van der Waals surface area (Å²) in [6, 6.07) is 3.65. The molecule has 0 atom stereocenters. The molecule has 0 heterocycles. The Hall–Kier alpha value is -1.20. The summed E-state index contributed by atoms with van der Waals surface area (Å²) in [7, 11) is -3.38. The van der Waals surface area contributed by atoms with Crippen LogP contribution in [0.15, 0.2) is 29.2 Å². The zero-order valence-corrected chi connectivity index (χ0v) is 9.09. The van der Waals surface area contributed by atoms with Crippen LogP contribution >= 0.6 is 0 Å². The van der Waals surface area contributed by atoms with Crippen molar-refractivity contribution in [3.63, 3.8) is 0 Å². The molecule has 0 aliphatic carbocycles. The zero-order valence-electron chi connectivity index (χ0n) is 8.27. The summed E-state index contributed by atoms with van der Waals surface area (Å²) in [6.45, 7) is 0.324. The minimum Gasteiger partial charge on any atom is -0.327 e. The predicted molar refractivity (Wildman–Crippen MR) is 57.6 cm³/mol. The van der Waals surface area contributed by atoms with Crippen molar-refractivity contribution >= 4 is 15.9 Å². The van der Waals surface area contributed by atoms with E-state index in [4.69, 9.17) is 5.73 Å². The van der Waals surface area contributed by atoms with E-state index in [1.807, 2.05) is 0 Å². The summed E-state index contributed by atoms with van der Waals surface area (Å²) in [5, 5.41) is 0. The van der Waals surface area contributed by atoms with Gasteiger partial charge in [-0.3, -0.25) is 0 Å². The smallest absolute Gasteiger partial charge is 0.175 e. The van der Waals surface area contributed by atoms with Gasteiger partial charge in [0.15, 0.2) is 9.84 Å². The fourth-order valence-electron chi connectivity index (χ4n) is 1.10. The van der Waals surface area contributed by atoms with Crippen LogP contribution in [0.25, 0.3) is 6.08 Å². The topological polar surface area (TPSA) is 60.2 Å². The Labute approximate surface area is 88.3 Å². The van der Waals surface area contributed by atoms with Crippen LogP contribution in [0.1, 0.15) is 5.56 Å². The molecule has 0 bridgehead atoms. The van der Waals surface area contributed by atoms with Crippen molar-refractivity contribution in [2.45, 2.75) is 4.90 Å². The number of halogens is 1. The highest BCUT2D eigenvalue weighted by molar-refractivity contribution is 7.90. The Bertz CT molecular complexity index is 480. The molecular weight excluding hydrogens is 217 g/mol. The van der Waals surface area contributed by atoms with E-state index < -0.39 is 15.7 Å². The Balaban J connectivity index is 3.23. The van der Waals surface area contributed by atoms with Crippen molar-refractivity contribution in [2.24, 2.45) is 5.73 Å². The average molecular weight is 229 g/mol. The zero-order chi connectivity index (χ0) is 11.5. The number of rotatable bonds is 3. The van der Waals surface area contributed by atoms with Gasteiger partial charge in [0.2, 0.25) is 0 Å². The maximum Gasteiger partial charge on any atom is 0.175 e. The summed E-state index contributed by atoms with van der Waals surface area (Å²) >= 11 is 0. The molecule has 1 aromatic rings. The van der Waals surface area contributed by atoms with Gasteiger partial charge in [-0.15, -0.1) is 0 Å². The third kappa shape index (κ3) is 3.45. The molecule has 0 spiro atoms. The second kappa shape index (κ2) is 4.55. The molecule has 0 amide bonds. The lowest BCUT2D eigenvalue weighted by Crippen LogP contribution is -1.98. The molecule has 0 saturated heterocycles. The van der Waals surface area contributed by atoms with Gasteiger partial charge < -0.3 is 5.73 Å². The summed E-state index contributed by atoms with van der Waals surface area (Å²) in [4.78, 5) is -0.0285. The summed E-state index contributed by atoms with van der Waals surface area (Å²) in [6.07, 6.45) is 4.25. The summed E-state index contributed by atoms with van der Waals surface area (Å²) < 4.78 is 35.4. The maximum absolute atomic E-state index is 13.1. The average Bonchev–Trinajstić information content (AvgIpc) is 2.12. The molecule has 0 unspecified atom stereocenters. The number of sulfone groups is 1. The van der Waals surface area contributed by atoms with E-state index >= 15 is 0 Å². The molecule has 2 N–H and O–H groups in total. The van der Waals surface area contributed by atoms with Gasteiger partial charge in [-0.2, -0.15) is 0 Å². The highest BCUT2D eigenvalue weighted by Crippen LogP contribution is 2.15. The fourth-order valence-corrected chi connectivity index (χ4v) is 1.78. The molecule has 0 aliphatic rings. The highest BCUT2D eigenvalue weighted by atomic mass is 32.2. The van der Waals surface area contributed by atoms with Crippen LogP contribution in [-0.4, -0.2) is 21.2 Å². The van der Waals surface area contributed by atoms with Crippen molar-refractivity contribution in [1.29, 1.82) is 0 Å². The summed E-state index contributed by atoms with van der Waals surface area (Å²) in [5.74, 6) is -0.574. The molecule has 15 heavy (non-hydrogen) atoms. The maximum atomic E-state index is 13.1. The SMILES string of the molecule is CS(=O)(=O)c1cc(F)cc(/C=C/CN)c1. The van der Waals surface area contributed by atoms with Gasteiger partial charge >= 0.3 is 0 Å². The first-order chi connectivity index (χ1) is 6.93. The van der Waals surface area contributed by atoms with E-state index in [9.17, 15) is 12.8 Å². The fraction of sp³-hybridized carbons (Fsp3) is 0.200. The first-order valence-corrected chi connectivity index (χ1v) is 6.20. The van der Waals surface area contributed by atoms with Crippen LogP contribution < -0.4 is 5.73 Å². The molecule has 82 valence electrons. The monoisotopic (exact) mass is 229 g/mol. The number of benzene rings is 1. The van der Waals surface area contributed by atoms with Crippen LogP contribution in [-0.2, 0) is 9.84 Å². The van der Waals surface area contributed by atoms with Gasteiger partial charge in [0.25, 0.3) is 0 Å². The van der Waals surface area contributed by atoms with Crippen molar-refractivity contribution in [3.8, 4) is 0 Å².